The van der Waals surface area contributed by atoms with E-state index < -0.39 is 0 Å². The van der Waals surface area contributed by atoms with Crippen LogP contribution in [0.25, 0.3) is 0 Å². The van der Waals surface area contributed by atoms with E-state index in [1.165, 1.54) is 32.1 Å². The van der Waals surface area contributed by atoms with E-state index in [2.05, 4.69) is 12.0 Å². The van der Waals surface area contributed by atoms with E-state index in [9.17, 15) is 0 Å². The lowest BCUT2D eigenvalue weighted by Crippen LogP contribution is -2.21. The molecule has 0 aliphatic heterocycles. The lowest BCUT2D eigenvalue weighted by molar-refractivity contribution is 0.252. The number of hydrogen-bond donors (Lipinski definition) is 1. The molecule has 3 nitrogen and oxygen atoms in total. The molecule has 0 spiro atoms. The summed E-state index contributed by atoms with van der Waals surface area (Å²) in [6.07, 6.45) is 8.60. The summed E-state index contributed by atoms with van der Waals surface area (Å²) in [5.74, 6) is 1.56. The fourth-order valence-electron chi connectivity index (χ4n) is 2.48. The van der Waals surface area contributed by atoms with E-state index >= 15 is 0 Å². The maximum absolute atomic E-state index is 5.85. The van der Waals surface area contributed by atoms with Crippen molar-refractivity contribution < 1.29 is 0 Å². The average Bonchev–Trinajstić information content (AvgIpc) is 2.65. The fraction of sp³-hybridized carbons (Fsp3) is 0.727. The summed E-state index contributed by atoms with van der Waals surface area (Å²) in [5.41, 5.74) is 5.85. The normalized spacial score (nSPS) is 20.9. The molecule has 78 valence electrons. The maximum Gasteiger partial charge on any atom is 0.121 e. The van der Waals surface area contributed by atoms with Crippen molar-refractivity contribution in [3.8, 4) is 0 Å². The molecule has 1 aromatic heterocycles. The summed E-state index contributed by atoms with van der Waals surface area (Å²) >= 11 is 0. The zero-order valence-electron chi connectivity index (χ0n) is 8.82. The lowest BCUT2D eigenvalue weighted by Gasteiger charge is -2.28. The molecule has 0 bridgehead atoms. The molecule has 1 saturated carbocycles. The van der Waals surface area contributed by atoms with Gasteiger partial charge in [-0.2, -0.15) is 5.10 Å². The second-order valence-corrected chi connectivity index (χ2v) is 4.34. The molecule has 2 N–H and O–H groups in total. The number of hydrogen-bond acceptors (Lipinski definition) is 2. The van der Waals surface area contributed by atoms with E-state index in [-0.39, 0.29) is 0 Å². The first-order valence-electron chi connectivity index (χ1n) is 5.58. The molecule has 0 saturated heterocycles. The van der Waals surface area contributed by atoms with Gasteiger partial charge in [0.15, 0.2) is 0 Å². The summed E-state index contributed by atoms with van der Waals surface area (Å²) in [6.45, 7) is 2.24. The van der Waals surface area contributed by atoms with Gasteiger partial charge in [-0.05, 0) is 31.7 Å². The molecular weight excluding hydrogens is 174 g/mol. The molecule has 0 radical (unpaired) electrons. The summed E-state index contributed by atoms with van der Waals surface area (Å²) < 4.78 is 1.97. The highest BCUT2D eigenvalue weighted by Crippen LogP contribution is 2.33. The zero-order chi connectivity index (χ0) is 9.97. The molecular formula is C11H19N3. The maximum atomic E-state index is 5.85. The second kappa shape index (κ2) is 4.03. The third-order valence-electron chi connectivity index (χ3n) is 3.42. The molecule has 1 aliphatic rings. The number of nitrogen functional groups attached to an aromatic ring is 1. The van der Waals surface area contributed by atoms with Crippen molar-refractivity contribution in [3.63, 3.8) is 0 Å². The van der Waals surface area contributed by atoms with Gasteiger partial charge in [-0.3, -0.25) is 0 Å². The third-order valence-corrected chi connectivity index (χ3v) is 3.42. The second-order valence-electron chi connectivity index (χ2n) is 4.34. The molecule has 1 aliphatic carbocycles. The van der Waals surface area contributed by atoms with Crippen molar-refractivity contribution in [3.05, 3.63) is 12.3 Å². The van der Waals surface area contributed by atoms with E-state index in [4.69, 9.17) is 5.73 Å². The van der Waals surface area contributed by atoms with Gasteiger partial charge in [-0.1, -0.05) is 19.3 Å². The largest absolute Gasteiger partial charge is 0.384 e. The van der Waals surface area contributed by atoms with Gasteiger partial charge < -0.3 is 5.73 Å². The van der Waals surface area contributed by atoms with Gasteiger partial charge in [0.25, 0.3) is 0 Å². The minimum Gasteiger partial charge on any atom is -0.384 e. The minimum atomic E-state index is 0.463. The van der Waals surface area contributed by atoms with E-state index in [0.717, 1.165) is 11.7 Å². The Labute approximate surface area is 85.3 Å². The van der Waals surface area contributed by atoms with Gasteiger partial charge in [0.05, 0.1) is 12.2 Å². The van der Waals surface area contributed by atoms with Gasteiger partial charge in [-0.15, -0.1) is 0 Å². The molecule has 0 aromatic carbocycles. The Kier molecular flexibility index (Phi) is 2.75. The number of aromatic nitrogens is 2. The molecule has 2 rings (SSSR count). The van der Waals surface area contributed by atoms with Crippen LogP contribution in [0.3, 0.4) is 0 Å². The lowest BCUT2D eigenvalue weighted by atomic mass is 9.84. The Hall–Kier alpha value is -0.990. The van der Waals surface area contributed by atoms with Crippen LogP contribution in [0.2, 0.25) is 0 Å². The first-order chi connectivity index (χ1) is 6.79. The summed E-state index contributed by atoms with van der Waals surface area (Å²) in [5, 5.41) is 4.28. The number of anilines is 1. The monoisotopic (exact) mass is 193 g/mol. The first-order valence-corrected chi connectivity index (χ1v) is 5.58. The van der Waals surface area contributed by atoms with Crippen LogP contribution in [-0.4, -0.2) is 9.78 Å². The van der Waals surface area contributed by atoms with Crippen molar-refractivity contribution in [1.82, 2.24) is 9.78 Å². The Morgan fingerprint density at radius 1 is 1.43 bits per heavy atom. The van der Waals surface area contributed by atoms with Gasteiger partial charge in [0.1, 0.15) is 5.82 Å². The Balaban J connectivity index is 2.07. The van der Waals surface area contributed by atoms with Gasteiger partial charge in [0, 0.05) is 0 Å². The molecule has 1 aromatic rings. The highest BCUT2D eigenvalue weighted by atomic mass is 15.3. The van der Waals surface area contributed by atoms with E-state index in [0.29, 0.717) is 6.04 Å². The van der Waals surface area contributed by atoms with Crippen LogP contribution in [-0.2, 0) is 0 Å². The Bertz CT molecular complexity index is 286. The van der Waals surface area contributed by atoms with Crippen LogP contribution < -0.4 is 5.73 Å². The molecule has 1 unspecified atom stereocenters. The Morgan fingerprint density at radius 3 is 2.71 bits per heavy atom. The molecule has 1 atom stereocenters. The topological polar surface area (TPSA) is 43.8 Å². The van der Waals surface area contributed by atoms with Gasteiger partial charge in [-0.25, -0.2) is 4.68 Å². The van der Waals surface area contributed by atoms with Crippen LogP contribution in [0.15, 0.2) is 12.3 Å². The van der Waals surface area contributed by atoms with Crippen LogP contribution in [0.4, 0.5) is 5.82 Å². The minimum absolute atomic E-state index is 0.463. The van der Waals surface area contributed by atoms with Crippen LogP contribution >= 0.6 is 0 Å². The SMILES string of the molecule is CC(C1CCCCC1)n1nccc1N. The smallest absolute Gasteiger partial charge is 0.121 e. The summed E-state index contributed by atoms with van der Waals surface area (Å²) in [6, 6.07) is 2.34. The predicted molar refractivity (Wildman–Crippen MR) is 57.9 cm³/mol. The quantitative estimate of drug-likeness (QED) is 0.784. The Morgan fingerprint density at radius 2 is 2.14 bits per heavy atom. The van der Waals surface area contributed by atoms with Gasteiger partial charge in [0.2, 0.25) is 0 Å². The highest BCUT2D eigenvalue weighted by molar-refractivity contribution is 5.26. The van der Waals surface area contributed by atoms with E-state index in [1.54, 1.807) is 6.20 Å². The standard InChI is InChI=1S/C11H19N3/c1-9(10-5-3-2-4-6-10)14-11(12)7-8-13-14/h7-10H,2-6,12H2,1H3. The number of nitrogens with zero attached hydrogens (tertiary/aromatic N) is 2. The van der Waals surface area contributed by atoms with E-state index in [1.807, 2.05) is 10.7 Å². The third kappa shape index (κ3) is 1.76. The predicted octanol–water partition coefficient (Wildman–Crippen LogP) is 2.61. The fourth-order valence-corrected chi connectivity index (χ4v) is 2.48. The van der Waals surface area contributed by atoms with Crippen LogP contribution in [0.1, 0.15) is 45.1 Å². The number of rotatable bonds is 2. The molecule has 1 fully saturated rings. The molecule has 3 heteroatoms. The highest BCUT2D eigenvalue weighted by Gasteiger charge is 2.22. The van der Waals surface area contributed by atoms with Crippen LogP contribution in [0.5, 0.6) is 0 Å². The zero-order valence-corrected chi connectivity index (χ0v) is 8.82. The van der Waals surface area contributed by atoms with Crippen molar-refractivity contribution in [2.75, 3.05) is 5.73 Å². The summed E-state index contributed by atoms with van der Waals surface area (Å²) in [7, 11) is 0. The molecule has 14 heavy (non-hydrogen) atoms. The van der Waals surface area contributed by atoms with Crippen molar-refractivity contribution in [1.29, 1.82) is 0 Å². The molecule has 1 heterocycles. The average molecular weight is 193 g/mol. The molecule has 0 amide bonds. The van der Waals surface area contributed by atoms with Crippen LogP contribution in [0, 0.1) is 5.92 Å². The van der Waals surface area contributed by atoms with Crippen molar-refractivity contribution in [2.24, 2.45) is 5.92 Å². The van der Waals surface area contributed by atoms with Crippen molar-refractivity contribution >= 4 is 5.82 Å². The van der Waals surface area contributed by atoms with Crippen molar-refractivity contribution in [2.45, 2.75) is 45.1 Å². The van der Waals surface area contributed by atoms with Gasteiger partial charge >= 0.3 is 0 Å². The first kappa shape index (κ1) is 9.56. The summed E-state index contributed by atoms with van der Waals surface area (Å²) in [4.78, 5) is 0. The number of nitrogens with two attached hydrogens (primary N) is 1.